The summed E-state index contributed by atoms with van der Waals surface area (Å²) >= 11 is 0. The minimum Gasteiger partial charge on any atom is -0.493 e. The van der Waals surface area contributed by atoms with Crippen molar-refractivity contribution in [2.45, 2.75) is 36.2 Å². The third kappa shape index (κ3) is 4.95. The van der Waals surface area contributed by atoms with Crippen molar-refractivity contribution in [3.63, 3.8) is 0 Å². The van der Waals surface area contributed by atoms with E-state index in [2.05, 4.69) is 5.32 Å². The Hall–Kier alpha value is -2.86. The predicted octanol–water partition coefficient (Wildman–Crippen LogP) is -0.698. The van der Waals surface area contributed by atoms with Gasteiger partial charge in [0.05, 0.1) is 25.5 Å². The maximum absolute atomic E-state index is 13.1. The van der Waals surface area contributed by atoms with Gasteiger partial charge in [-0.3, -0.25) is 9.59 Å². The van der Waals surface area contributed by atoms with E-state index in [4.69, 9.17) is 20.3 Å². The van der Waals surface area contributed by atoms with Gasteiger partial charge in [0, 0.05) is 12.6 Å². The third-order valence-corrected chi connectivity index (χ3v) is 6.39. The Kier molecular flexibility index (Phi) is 7.03. The molecule has 0 aromatic heterocycles. The molecule has 1 saturated heterocycles. The zero-order valence-corrected chi connectivity index (χ0v) is 16.8. The Morgan fingerprint density at radius 3 is 2.48 bits per heavy atom. The van der Waals surface area contributed by atoms with Gasteiger partial charge >= 0.3 is 5.97 Å². The summed E-state index contributed by atoms with van der Waals surface area (Å²) in [6.07, 6.45) is 0.0235. The first-order chi connectivity index (χ1) is 13.6. The summed E-state index contributed by atoms with van der Waals surface area (Å²) in [6, 6.07) is 1.41. The first kappa shape index (κ1) is 22.4. The lowest BCUT2D eigenvalue weighted by Gasteiger charge is -2.25. The topological polar surface area (TPSA) is 165 Å². The molecule has 2 atom stereocenters. The largest absolute Gasteiger partial charge is 0.493 e. The van der Waals surface area contributed by atoms with E-state index in [9.17, 15) is 22.8 Å². The summed E-state index contributed by atoms with van der Waals surface area (Å²) in [7, 11) is -1.29. The second kappa shape index (κ2) is 9.09. The highest BCUT2D eigenvalue weighted by Gasteiger charge is 2.41. The summed E-state index contributed by atoms with van der Waals surface area (Å²) in [5, 5.41) is 11.3. The molecule has 1 aromatic carbocycles. The first-order valence-corrected chi connectivity index (χ1v) is 10.1. The van der Waals surface area contributed by atoms with Crippen LogP contribution in [0.5, 0.6) is 11.5 Å². The molecule has 12 heteroatoms. The number of ether oxygens (including phenoxy) is 2. The standard InChI is InChI=1S/C17H23N3O8S/c1-27-13-6-5-10(8-14(13)28-2)29(25,26)20-7-3-4-12(20)16(22)19-11(17(23)24)9-15(18)21/h5-6,8,11-12H,3-4,7,9H2,1-2H3,(H2,18,21)(H,19,22)(H,23,24). The number of nitrogens with one attached hydrogen (secondary N) is 1. The van der Waals surface area contributed by atoms with E-state index in [0.29, 0.717) is 12.2 Å². The number of hydrogen-bond donors (Lipinski definition) is 3. The van der Waals surface area contributed by atoms with Crippen LogP contribution in [0.25, 0.3) is 0 Å². The molecule has 0 radical (unpaired) electrons. The van der Waals surface area contributed by atoms with Crippen molar-refractivity contribution in [1.82, 2.24) is 9.62 Å². The van der Waals surface area contributed by atoms with Gasteiger partial charge in [0.1, 0.15) is 12.1 Å². The van der Waals surface area contributed by atoms with Crippen LogP contribution in [-0.2, 0) is 24.4 Å². The molecule has 0 bridgehead atoms. The van der Waals surface area contributed by atoms with E-state index < -0.39 is 46.3 Å². The molecule has 0 saturated carbocycles. The van der Waals surface area contributed by atoms with Crippen LogP contribution in [0, 0.1) is 0 Å². The number of primary amides is 1. The lowest BCUT2D eigenvalue weighted by Crippen LogP contribution is -2.51. The SMILES string of the molecule is COc1ccc(S(=O)(=O)N2CCCC2C(=O)NC(CC(N)=O)C(=O)O)cc1OC. The van der Waals surface area contributed by atoms with Crippen LogP contribution in [0.4, 0.5) is 0 Å². The summed E-state index contributed by atoms with van der Waals surface area (Å²) in [5.74, 6) is -2.59. The monoisotopic (exact) mass is 429 g/mol. The maximum Gasteiger partial charge on any atom is 0.326 e. The number of carboxylic acid groups (broad SMARTS) is 1. The number of benzene rings is 1. The molecule has 4 N–H and O–H groups in total. The third-order valence-electron chi connectivity index (χ3n) is 4.49. The molecule has 2 rings (SSSR count). The number of sulfonamides is 1. The highest BCUT2D eigenvalue weighted by molar-refractivity contribution is 7.89. The van der Waals surface area contributed by atoms with Crippen molar-refractivity contribution in [1.29, 1.82) is 0 Å². The summed E-state index contributed by atoms with van der Waals surface area (Å²) in [6.45, 7) is 0.0856. The normalized spacial score (nSPS) is 18.1. The van der Waals surface area contributed by atoms with Gasteiger partial charge in [-0.1, -0.05) is 0 Å². The van der Waals surface area contributed by atoms with Crippen molar-refractivity contribution in [3.05, 3.63) is 18.2 Å². The Balaban J connectivity index is 2.28. The molecule has 2 amide bonds. The summed E-state index contributed by atoms with van der Waals surface area (Å²) in [5.41, 5.74) is 5.00. The number of rotatable bonds is 9. The van der Waals surface area contributed by atoms with E-state index in [1.807, 2.05) is 0 Å². The fourth-order valence-electron chi connectivity index (χ4n) is 3.07. The molecule has 1 fully saturated rings. The van der Waals surface area contributed by atoms with Crippen LogP contribution in [-0.4, -0.2) is 68.5 Å². The fourth-order valence-corrected chi connectivity index (χ4v) is 4.74. The summed E-state index contributed by atoms with van der Waals surface area (Å²) in [4.78, 5) is 34.7. The first-order valence-electron chi connectivity index (χ1n) is 8.67. The van der Waals surface area contributed by atoms with Gasteiger partial charge in [-0.15, -0.1) is 0 Å². The Morgan fingerprint density at radius 1 is 1.28 bits per heavy atom. The molecular weight excluding hydrogens is 406 g/mol. The Labute approximate surface area is 167 Å². The Morgan fingerprint density at radius 2 is 1.93 bits per heavy atom. The minimum atomic E-state index is -4.07. The fraction of sp³-hybridized carbons (Fsp3) is 0.471. The lowest BCUT2D eigenvalue weighted by molar-refractivity contribution is -0.143. The van der Waals surface area contributed by atoms with Gasteiger partial charge < -0.3 is 25.6 Å². The van der Waals surface area contributed by atoms with Gasteiger partial charge in [0.2, 0.25) is 21.8 Å². The summed E-state index contributed by atoms with van der Waals surface area (Å²) < 4.78 is 37.4. The number of carboxylic acids is 1. The zero-order valence-electron chi connectivity index (χ0n) is 16.0. The number of nitrogens with zero attached hydrogens (tertiary/aromatic N) is 1. The molecule has 1 aromatic rings. The van der Waals surface area contributed by atoms with Crippen molar-refractivity contribution < 1.29 is 37.4 Å². The van der Waals surface area contributed by atoms with Crippen LogP contribution >= 0.6 is 0 Å². The van der Waals surface area contributed by atoms with Crippen molar-refractivity contribution in [2.75, 3.05) is 20.8 Å². The lowest BCUT2D eigenvalue weighted by atomic mass is 10.1. The number of methoxy groups -OCH3 is 2. The molecule has 2 unspecified atom stereocenters. The highest BCUT2D eigenvalue weighted by Crippen LogP contribution is 2.33. The van der Waals surface area contributed by atoms with Gasteiger partial charge in [0.15, 0.2) is 11.5 Å². The van der Waals surface area contributed by atoms with E-state index >= 15 is 0 Å². The average molecular weight is 429 g/mol. The molecule has 1 heterocycles. The van der Waals surface area contributed by atoms with Crippen LogP contribution in [0.1, 0.15) is 19.3 Å². The minimum absolute atomic E-state index is 0.0856. The van der Waals surface area contributed by atoms with Gasteiger partial charge in [-0.25, -0.2) is 13.2 Å². The maximum atomic E-state index is 13.1. The molecular formula is C17H23N3O8S. The van der Waals surface area contributed by atoms with Crippen LogP contribution < -0.4 is 20.5 Å². The number of amides is 2. The van der Waals surface area contributed by atoms with Crippen molar-refractivity contribution in [2.24, 2.45) is 5.73 Å². The van der Waals surface area contributed by atoms with E-state index in [-0.39, 0.29) is 23.6 Å². The molecule has 160 valence electrons. The number of hydrogen-bond acceptors (Lipinski definition) is 7. The van der Waals surface area contributed by atoms with Gasteiger partial charge in [-0.05, 0) is 25.0 Å². The number of carbonyl (C=O) groups excluding carboxylic acids is 2. The molecule has 1 aliphatic heterocycles. The predicted molar refractivity (Wildman–Crippen MR) is 99.8 cm³/mol. The molecule has 0 aliphatic carbocycles. The van der Waals surface area contributed by atoms with Crippen molar-refractivity contribution >= 4 is 27.8 Å². The molecule has 0 spiro atoms. The van der Waals surface area contributed by atoms with E-state index in [1.54, 1.807) is 0 Å². The number of aliphatic carboxylic acids is 1. The van der Waals surface area contributed by atoms with E-state index in [0.717, 1.165) is 4.31 Å². The molecule has 11 nitrogen and oxygen atoms in total. The van der Waals surface area contributed by atoms with Crippen molar-refractivity contribution in [3.8, 4) is 11.5 Å². The van der Waals surface area contributed by atoms with Gasteiger partial charge in [-0.2, -0.15) is 4.31 Å². The highest BCUT2D eigenvalue weighted by atomic mass is 32.2. The quantitative estimate of drug-likeness (QED) is 0.463. The van der Waals surface area contributed by atoms with E-state index in [1.165, 1.54) is 32.4 Å². The van der Waals surface area contributed by atoms with Crippen LogP contribution in [0.15, 0.2) is 23.1 Å². The van der Waals surface area contributed by atoms with Crippen LogP contribution in [0.2, 0.25) is 0 Å². The zero-order chi connectivity index (χ0) is 21.8. The molecule has 1 aliphatic rings. The smallest absolute Gasteiger partial charge is 0.326 e. The Bertz CT molecular complexity index is 902. The second-order valence-corrected chi connectivity index (χ2v) is 8.25. The van der Waals surface area contributed by atoms with Crippen LogP contribution in [0.3, 0.4) is 0 Å². The second-order valence-electron chi connectivity index (χ2n) is 6.36. The van der Waals surface area contributed by atoms with Gasteiger partial charge in [0.25, 0.3) is 0 Å². The average Bonchev–Trinajstić information content (AvgIpc) is 3.17. The number of carbonyl (C=O) groups is 3. The number of nitrogens with two attached hydrogens (primary N) is 1. The molecule has 29 heavy (non-hydrogen) atoms.